The minimum Gasteiger partial charge on any atom is -0.296 e. The Hall–Kier alpha value is -2.55. The summed E-state index contributed by atoms with van der Waals surface area (Å²) in [6.07, 6.45) is 1.60. The predicted octanol–water partition coefficient (Wildman–Crippen LogP) is 2.71. The lowest BCUT2D eigenvalue weighted by Crippen LogP contribution is -2.47. The Balaban J connectivity index is 1.57. The summed E-state index contributed by atoms with van der Waals surface area (Å²) in [5, 5.41) is 12.1. The second-order valence-corrected chi connectivity index (χ2v) is 8.18. The third-order valence-corrected chi connectivity index (χ3v) is 6.02. The van der Waals surface area contributed by atoms with Gasteiger partial charge >= 0.3 is 0 Å². The molecule has 0 bridgehead atoms. The zero-order valence-electron chi connectivity index (χ0n) is 14.8. The molecular formula is C19H21N3O4S. The van der Waals surface area contributed by atoms with Gasteiger partial charge in [-0.3, -0.25) is 15.0 Å². The highest BCUT2D eigenvalue weighted by atomic mass is 32.2. The summed E-state index contributed by atoms with van der Waals surface area (Å²) in [7, 11) is -3.46. The van der Waals surface area contributed by atoms with Crippen LogP contribution in [0.15, 0.2) is 60.0 Å². The molecule has 142 valence electrons. The fraction of sp³-hybridized carbons (Fsp3) is 0.263. The van der Waals surface area contributed by atoms with Gasteiger partial charge < -0.3 is 0 Å². The zero-order valence-corrected chi connectivity index (χ0v) is 15.6. The van der Waals surface area contributed by atoms with Crippen LogP contribution in [0.2, 0.25) is 0 Å². The van der Waals surface area contributed by atoms with Crippen molar-refractivity contribution in [3.63, 3.8) is 0 Å². The Labute approximate surface area is 158 Å². The van der Waals surface area contributed by atoms with E-state index in [-0.39, 0.29) is 5.69 Å². The van der Waals surface area contributed by atoms with Crippen molar-refractivity contribution in [3.8, 4) is 0 Å². The van der Waals surface area contributed by atoms with Crippen molar-refractivity contribution in [2.24, 2.45) is 0 Å². The van der Waals surface area contributed by atoms with Crippen LogP contribution in [0, 0.1) is 10.1 Å². The van der Waals surface area contributed by atoms with E-state index in [2.05, 4.69) is 4.90 Å². The molecule has 0 aromatic heterocycles. The lowest BCUT2D eigenvalue weighted by Gasteiger charge is -2.33. The van der Waals surface area contributed by atoms with Gasteiger partial charge in [0.2, 0.25) is 10.0 Å². The number of hydrogen-bond donors (Lipinski definition) is 0. The lowest BCUT2D eigenvalue weighted by atomic mass is 10.2. The normalized spacial score (nSPS) is 16.6. The minimum absolute atomic E-state index is 0.0692. The van der Waals surface area contributed by atoms with Gasteiger partial charge in [0.15, 0.2) is 0 Å². The monoisotopic (exact) mass is 387 g/mol. The van der Waals surface area contributed by atoms with Crippen LogP contribution in [0.3, 0.4) is 0 Å². The molecule has 7 nitrogen and oxygen atoms in total. The Morgan fingerprint density at radius 1 is 1.00 bits per heavy atom. The highest BCUT2D eigenvalue weighted by Gasteiger charge is 2.25. The number of benzene rings is 2. The van der Waals surface area contributed by atoms with Gasteiger partial charge in [0.1, 0.15) is 0 Å². The first-order valence-electron chi connectivity index (χ1n) is 8.63. The Morgan fingerprint density at radius 2 is 1.70 bits per heavy atom. The topological polar surface area (TPSA) is 83.8 Å². The van der Waals surface area contributed by atoms with Crippen molar-refractivity contribution >= 4 is 21.8 Å². The molecule has 1 aliphatic heterocycles. The molecule has 0 spiro atoms. The van der Waals surface area contributed by atoms with E-state index in [0.29, 0.717) is 32.7 Å². The maximum absolute atomic E-state index is 12.5. The third kappa shape index (κ3) is 5.22. The number of nitro groups is 1. The number of hydrogen-bond acceptors (Lipinski definition) is 5. The maximum atomic E-state index is 12.5. The Kier molecular flexibility index (Phi) is 6.00. The average molecular weight is 387 g/mol. The van der Waals surface area contributed by atoms with Gasteiger partial charge in [-0.2, -0.15) is 4.31 Å². The SMILES string of the molecule is O=[N+]([O-])c1cccc(CN2CCN(S(=O)(=O)/C=C/c3ccccc3)CC2)c1. The second kappa shape index (κ2) is 8.43. The first kappa shape index (κ1) is 19.2. The van der Waals surface area contributed by atoms with Crippen LogP contribution in [0.25, 0.3) is 6.08 Å². The number of piperazine rings is 1. The van der Waals surface area contributed by atoms with E-state index in [1.807, 2.05) is 36.4 Å². The van der Waals surface area contributed by atoms with Crippen LogP contribution in [-0.2, 0) is 16.6 Å². The number of sulfonamides is 1. The first-order valence-corrected chi connectivity index (χ1v) is 10.1. The third-order valence-electron chi connectivity index (χ3n) is 4.45. The van der Waals surface area contributed by atoms with Gasteiger partial charge in [0.25, 0.3) is 5.69 Å². The highest BCUT2D eigenvalue weighted by Crippen LogP contribution is 2.17. The summed E-state index contributed by atoms with van der Waals surface area (Å²) in [5.41, 5.74) is 1.76. The molecule has 8 heteroatoms. The summed E-state index contributed by atoms with van der Waals surface area (Å²) in [6, 6.07) is 15.8. The smallest absolute Gasteiger partial charge is 0.269 e. The van der Waals surface area contributed by atoms with E-state index in [0.717, 1.165) is 11.1 Å². The molecule has 27 heavy (non-hydrogen) atoms. The summed E-state index contributed by atoms with van der Waals surface area (Å²) in [6.45, 7) is 2.53. The Bertz CT molecular complexity index is 921. The molecule has 0 N–H and O–H groups in total. The molecule has 1 heterocycles. The summed E-state index contributed by atoms with van der Waals surface area (Å²) < 4.78 is 26.4. The highest BCUT2D eigenvalue weighted by molar-refractivity contribution is 7.92. The van der Waals surface area contributed by atoms with Gasteiger partial charge in [-0.05, 0) is 17.2 Å². The summed E-state index contributed by atoms with van der Waals surface area (Å²) >= 11 is 0. The lowest BCUT2D eigenvalue weighted by molar-refractivity contribution is -0.384. The van der Waals surface area contributed by atoms with Crippen LogP contribution < -0.4 is 0 Å². The number of nitrogens with zero attached hydrogens (tertiary/aromatic N) is 3. The molecule has 0 atom stereocenters. The number of rotatable bonds is 6. The molecule has 1 saturated heterocycles. The standard InChI is InChI=1S/C19H21N3O4S/c23-22(24)19-8-4-7-18(15-19)16-20-10-12-21(13-11-20)27(25,26)14-9-17-5-2-1-3-6-17/h1-9,14-15H,10-13,16H2/b14-9+. The van der Waals surface area contributed by atoms with E-state index in [1.54, 1.807) is 18.2 Å². The molecule has 0 radical (unpaired) electrons. The fourth-order valence-corrected chi connectivity index (χ4v) is 4.16. The average Bonchev–Trinajstić information content (AvgIpc) is 2.68. The van der Waals surface area contributed by atoms with E-state index in [4.69, 9.17) is 0 Å². The van der Waals surface area contributed by atoms with Crippen molar-refractivity contribution in [1.82, 2.24) is 9.21 Å². The molecule has 0 aliphatic carbocycles. The van der Waals surface area contributed by atoms with E-state index in [9.17, 15) is 18.5 Å². The largest absolute Gasteiger partial charge is 0.296 e. The van der Waals surface area contributed by atoms with Crippen LogP contribution >= 0.6 is 0 Å². The van der Waals surface area contributed by atoms with Crippen molar-refractivity contribution in [1.29, 1.82) is 0 Å². The van der Waals surface area contributed by atoms with Gasteiger partial charge in [-0.1, -0.05) is 42.5 Å². The zero-order chi connectivity index (χ0) is 19.3. The minimum atomic E-state index is -3.46. The fourth-order valence-electron chi connectivity index (χ4n) is 2.98. The second-order valence-electron chi connectivity index (χ2n) is 6.36. The van der Waals surface area contributed by atoms with Crippen molar-refractivity contribution in [2.45, 2.75) is 6.54 Å². The van der Waals surface area contributed by atoms with E-state index < -0.39 is 14.9 Å². The van der Waals surface area contributed by atoms with Gasteiger partial charge in [-0.25, -0.2) is 8.42 Å². The van der Waals surface area contributed by atoms with Crippen molar-refractivity contribution in [3.05, 3.63) is 81.2 Å². The van der Waals surface area contributed by atoms with Gasteiger partial charge in [0.05, 0.1) is 4.92 Å². The van der Waals surface area contributed by atoms with Gasteiger partial charge in [0, 0.05) is 50.3 Å². The molecule has 1 aliphatic rings. The molecule has 2 aromatic rings. The molecule has 0 amide bonds. The molecule has 0 unspecified atom stereocenters. The molecular weight excluding hydrogens is 366 g/mol. The molecule has 3 rings (SSSR count). The molecule has 1 fully saturated rings. The number of non-ortho nitro benzene ring substituents is 1. The molecule has 0 saturated carbocycles. The van der Waals surface area contributed by atoms with Gasteiger partial charge in [-0.15, -0.1) is 0 Å². The maximum Gasteiger partial charge on any atom is 0.269 e. The van der Waals surface area contributed by atoms with E-state index in [1.165, 1.54) is 15.8 Å². The molecule has 2 aromatic carbocycles. The summed E-state index contributed by atoms with van der Waals surface area (Å²) in [5.74, 6) is 0. The number of nitro benzene ring substituents is 1. The Morgan fingerprint density at radius 3 is 2.37 bits per heavy atom. The van der Waals surface area contributed by atoms with E-state index >= 15 is 0 Å². The van der Waals surface area contributed by atoms with Crippen LogP contribution in [-0.4, -0.2) is 48.7 Å². The van der Waals surface area contributed by atoms with Crippen molar-refractivity contribution < 1.29 is 13.3 Å². The predicted molar refractivity (Wildman–Crippen MR) is 104 cm³/mol. The quantitative estimate of drug-likeness (QED) is 0.562. The first-order chi connectivity index (χ1) is 12.9. The summed E-state index contributed by atoms with van der Waals surface area (Å²) in [4.78, 5) is 12.6. The van der Waals surface area contributed by atoms with Crippen molar-refractivity contribution in [2.75, 3.05) is 26.2 Å². The van der Waals surface area contributed by atoms with Crippen LogP contribution in [0.1, 0.15) is 11.1 Å². The van der Waals surface area contributed by atoms with Crippen LogP contribution in [0.4, 0.5) is 5.69 Å². The van der Waals surface area contributed by atoms with Crippen LogP contribution in [0.5, 0.6) is 0 Å².